The molecular formula is C20H23ClN2O. The fraction of sp³-hybridized carbons (Fsp3) is 0.350. The SMILES string of the molecule is Cc1ccccc1CN1CCC(C(=O)Nc2ccccc2Cl)CC1. The molecule has 3 nitrogen and oxygen atoms in total. The molecule has 1 heterocycles. The number of halogens is 1. The fourth-order valence-corrected chi connectivity index (χ4v) is 3.36. The van der Waals surface area contributed by atoms with Crippen molar-refractivity contribution >= 4 is 23.2 Å². The number of hydrogen-bond acceptors (Lipinski definition) is 2. The maximum atomic E-state index is 12.5. The summed E-state index contributed by atoms with van der Waals surface area (Å²) >= 11 is 6.11. The molecular weight excluding hydrogens is 320 g/mol. The van der Waals surface area contributed by atoms with Gasteiger partial charge in [-0.25, -0.2) is 0 Å². The Morgan fingerprint density at radius 2 is 1.79 bits per heavy atom. The average Bonchev–Trinajstić information content (AvgIpc) is 2.59. The van der Waals surface area contributed by atoms with Gasteiger partial charge in [0.25, 0.3) is 0 Å². The lowest BCUT2D eigenvalue weighted by molar-refractivity contribution is -0.121. The molecule has 3 rings (SSSR count). The number of anilines is 1. The zero-order valence-electron chi connectivity index (χ0n) is 14.0. The van der Waals surface area contributed by atoms with Gasteiger partial charge in [0.2, 0.25) is 5.91 Å². The predicted molar refractivity (Wildman–Crippen MR) is 99.3 cm³/mol. The maximum absolute atomic E-state index is 12.5. The third-order valence-electron chi connectivity index (χ3n) is 4.75. The highest BCUT2D eigenvalue weighted by atomic mass is 35.5. The molecule has 2 aromatic carbocycles. The van der Waals surface area contributed by atoms with Crippen molar-refractivity contribution in [3.8, 4) is 0 Å². The lowest BCUT2D eigenvalue weighted by Crippen LogP contribution is -2.37. The number of aryl methyl sites for hydroxylation is 1. The number of benzene rings is 2. The summed E-state index contributed by atoms with van der Waals surface area (Å²) in [6, 6.07) is 15.9. The minimum Gasteiger partial charge on any atom is -0.325 e. The van der Waals surface area contributed by atoms with E-state index in [9.17, 15) is 4.79 Å². The zero-order valence-corrected chi connectivity index (χ0v) is 14.7. The van der Waals surface area contributed by atoms with Gasteiger partial charge in [0.15, 0.2) is 0 Å². The van der Waals surface area contributed by atoms with Crippen LogP contribution in [0, 0.1) is 12.8 Å². The van der Waals surface area contributed by atoms with Crippen molar-refractivity contribution in [2.75, 3.05) is 18.4 Å². The van der Waals surface area contributed by atoms with Gasteiger partial charge in [0.05, 0.1) is 10.7 Å². The normalized spacial score (nSPS) is 16.1. The highest BCUT2D eigenvalue weighted by Gasteiger charge is 2.25. The summed E-state index contributed by atoms with van der Waals surface area (Å²) in [7, 11) is 0. The minimum atomic E-state index is 0.0643. The topological polar surface area (TPSA) is 32.3 Å². The Kier molecular flexibility index (Phi) is 5.54. The summed E-state index contributed by atoms with van der Waals surface area (Å²) in [5.41, 5.74) is 3.40. The van der Waals surface area contributed by atoms with Gasteiger partial charge in [0.1, 0.15) is 0 Å². The first-order chi connectivity index (χ1) is 11.6. The van der Waals surface area contributed by atoms with Crippen LogP contribution in [0.5, 0.6) is 0 Å². The Bertz CT molecular complexity index is 708. The third kappa shape index (κ3) is 4.16. The van der Waals surface area contributed by atoms with Gasteiger partial charge < -0.3 is 5.32 Å². The summed E-state index contributed by atoms with van der Waals surface area (Å²) in [6.07, 6.45) is 1.78. The summed E-state index contributed by atoms with van der Waals surface area (Å²) in [5, 5.41) is 3.55. The van der Waals surface area contributed by atoms with E-state index in [1.807, 2.05) is 18.2 Å². The van der Waals surface area contributed by atoms with E-state index in [0.29, 0.717) is 10.7 Å². The number of carbonyl (C=O) groups excluding carboxylic acids is 1. The largest absolute Gasteiger partial charge is 0.325 e. The standard InChI is InChI=1S/C20H23ClN2O/c1-15-6-2-3-7-17(15)14-23-12-10-16(11-13-23)20(24)22-19-9-5-4-8-18(19)21/h2-9,16H,10-14H2,1H3,(H,22,24). The highest BCUT2D eigenvalue weighted by molar-refractivity contribution is 6.33. The van der Waals surface area contributed by atoms with E-state index in [1.54, 1.807) is 6.07 Å². The molecule has 1 amide bonds. The summed E-state index contributed by atoms with van der Waals surface area (Å²) in [4.78, 5) is 14.9. The van der Waals surface area contributed by atoms with Crippen molar-refractivity contribution in [1.82, 2.24) is 4.90 Å². The Hall–Kier alpha value is -1.84. The van der Waals surface area contributed by atoms with Crippen LogP contribution in [-0.4, -0.2) is 23.9 Å². The molecule has 2 aromatic rings. The Labute approximate surface area is 148 Å². The van der Waals surface area contributed by atoms with Crippen LogP contribution < -0.4 is 5.32 Å². The molecule has 0 unspecified atom stereocenters. The van der Waals surface area contributed by atoms with Crippen LogP contribution >= 0.6 is 11.6 Å². The quantitative estimate of drug-likeness (QED) is 0.887. The molecule has 1 fully saturated rings. The second kappa shape index (κ2) is 7.82. The molecule has 24 heavy (non-hydrogen) atoms. The lowest BCUT2D eigenvalue weighted by atomic mass is 9.95. The number of nitrogens with zero attached hydrogens (tertiary/aromatic N) is 1. The van der Waals surface area contributed by atoms with Crippen LogP contribution in [0.25, 0.3) is 0 Å². The third-order valence-corrected chi connectivity index (χ3v) is 5.07. The van der Waals surface area contributed by atoms with Crippen LogP contribution in [0.1, 0.15) is 24.0 Å². The Morgan fingerprint density at radius 1 is 1.12 bits per heavy atom. The van der Waals surface area contributed by atoms with E-state index in [0.717, 1.165) is 32.5 Å². The van der Waals surface area contributed by atoms with Gasteiger partial charge in [-0.1, -0.05) is 48.0 Å². The number of hydrogen-bond donors (Lipinski definition) is 1. The van der Waals surface area contributed by atoms with Gasteiger partial charge in [-0.05, 0) is 56.1 Å². The molecule has 126 valence electrons. The van der Waals surface area contributed by atoms with E-state index in [-0.39, 0.29) is 11.8 Å². The van der Waals surface area contributed by atoms with Crippen molar-refractivity contribution in [2.45, 2.75) is 26.3 Å². The minimum absolute atomic E-state index is 0.0643. The van der Waals surface area contributed by atoms with E-state index in [1.165, 1.54) is 11.1 Å². The van der Waals surface area contributed by atoms with E-state index < -0.39 is 0 Å². The summed E-state index contributed by atoms with van der Waals surface area (Å²) in [5.74, 6) is 0.146. The van der Waals surface area contributed by atoms with Crippen molar-refractivity contribution in [3.63, 3.8) is 0 Å². The smallest absolute Gasteiger partial charge is 0.227 e. The Balaban J connectivity index is 1.52. The molecule has 0 aliphatic carbocycles. The zero-order chi connectivity index (χ0) is 16.9. The van der Waals surface area contributed by atoms with E-state index in [4.69, 9.17) is 11.6 Å². The van der Waals surface area contributed by atoms with Gasteiger partial charge in [-0.15, -0.1) is 0 Å². The Morgan fingerprint density at radius 3 is 2.50 bits per heavy atom. The monoisotopic (exact) mass is 342 g/mol. The molecule has 0 spiro atoms. The van der Waals surface area contributed by atoms with Crippen LogP contribution in [-0.2, 0) is 11.3 Å². The maximum Gasteiger partial charge on any atom is 0.227 e. The van der Waals surface area contributed by atoms with Crippen molar-refractivity contribution in [1.29, 1.82) is 0 Å². The number of carbonyl (C=O) groups is 1. The molecule has 1 saturated heterocycles. The molecule has 0 aromatic heterocycles. The number of piperidine rings is 1. The molecule has 1 aliphatic heterocycles. The first-order valence-corrected chi connectivity index (χ1v) is 8.83. The van der Waals surface area contributed by atoms with Crippen molar-refractivity contribution in [2.24, 2.45) is 5.92 Å². The first kappa shape index (κ1) is 17.0. The molecule has 0 atom stereocenters. The van der Waals surface area contributed by atoms with Crippen LogP contribution in [0.3, 0.4) is 0 Å². The molecule has 0 radical (unpaired) electrons. The number of amides is 1. The second-order valence-electron chi connectivity index (χ2n) is 6.45. The van der Waals surface area contributed by atoms with E-state index in [2.05, 4.69) is 41.4 Å². The van der Waals surface area contributed by atoms with Gasteiger partial charge in [0, 0.05) is 12.5 Å². The summed E-state index contributed by atoms with van der Waals surface area (Å²) in [6.45, 7) is 5.02. The van der Waals surface area contributed by atoms with Crippen molar-refractivity contribution in [3.05, 3.63) is 64.7 Å². The molecule has 1 N–H and O–H groups in total. The molecule has 1 aliphatic rings. The van der Waals surface area contributed by atoms with Gasteiger partial charge >= 0.3 is 0 Å². The number of likely N-dealkylation sites (tertiary alicyclic amines) is 1. The first-order valence-electron chi connectivity index (χ1n) is 8.46. The molecule has 4 heteroatoms. The lowest BCUT2D eigenvalue weighted by Gasteiger charge is -2.31. The van der Waals surface area contributed by atoms with Crippen LogP contribution in [0.2, 0.25) is 5.02 Å². The van der Waals surface area contributed by atoms with E-state index >= 15 is 0 Å². The number of nitrogens with one attached hydrogen (secondary N) is 1. The van der Waals surface area contributed by atoms with Gasteiger partial charge in [-0.2, -0.15) is 0 Å². The number of rotatable bonds is 4. The van der Waals surface area contributed by atoms with Crippen LogP contribution in [0.15, 0.2) is 48.5 Å². The van der Waals surface area contributed by atoms with Crippen molar-refractivity contribution < 1.29 is 4.79 Å². The van der Waals surface area contributed by atoms with Crippen LogP contribution in [0.4, 0.5) is 5.69 Å². The fourth-order valence-electron chi connectivity index (χ4n) is 3.18. The highest BCUT2D eigenvalue weighted by Crippen LogP contribution is 2.24. The van der Waals surface area contributed by atoms with Gasteiger partial charge in [-0.3, -0.25) is 9.69 Å². The summed E-state index contributed by atoms with van der Waals surface area (Å²) < 4.78 is 0. The average molecular weight is 343 g/mol. The molecule has 0 bridgehead atoms. The second-order valence-corrected chi connectivity index (χ2v) is 6.85. The predicted octanol–water partition coefficient (Wildman–Crippen LogP) is 4.50. The molecule has 0 saturated carbocycles. The number of para-hydroxylation sites is 1.